The Balaban J connectivity index is 1.37. The van der Waals surface area contributed by atoms with E-state index in [1.807, 2.05) is 29.2 Å². The molecule has 2 aliphatic heterocycles. The third-order valence-corrected chi connectivity index (χ3v) is 6.24. The van der Waals surface area contributed by atoms with E-state index in [9.17, 15) is 4.79 Å². The van der Waals surface area contributed by atoms with E-state index in [2.05, 4.69) is 31.7 Å². The molecule has 3 aromatic rings. The van der Waals surface area contributed by atoms with Crippen molar-refractivity contribution in [3.05, 3.63) is 41.6 Å². The zero-order valence-corrected chi connectivity index (χ0v) is 16.9. The highest BCUT2D eigenvalue weighted by molar-refractivity contribution is 5.99. The maximum atomic E-state index is 13.2. The molecule has 1 fully saturated rings. The Morgan fingerprint density at radius 1 is 1.21 bits per heavy atom. The number of nitrogens with zero attached hydrogens (tertiary/aromatic N) is 5. The Morgan fingerprint density at radius 2 is 2.10 bits per heavy atom. The Hall–Kier alpha value is -2.87. The van der Waals surface area contributed by atoms with Gasteiger partial charge in [0.15, 0.2) is 0 Å². The summed E-state index contributed by atoms with van der Waals surface area (Å²) in [5, 5.41) is 9.87. The number of ether oxygens (including phenoxy) is 1. The summed E-state index contributed by atoms with van der Waals surface area (Å²) in [5.41, 5.74) is 1.50. The van der Waals surface area contributed by atoms with Crippen molar-refractivity contribution in [1.82, 2.24) is 29.5 Å². The van der Waals surface area contributed by atoms with Gasteiger partial charge < -0.3 is 19.2 Å². The quantitative estimate of drug-likeness (QED) is 0.737. The van der Waals surface area contributed by atoms with Crippen LogP contribution in [0.25, 0.3) is 10.9 Å². The number of rotatable bonds is 3. The summed E-state index contributed by atoms with van der Waals surface area (Å²) in [4.78, 5) is 20.7. The van der Waals surface area contributed by atoms with Crippen LogP contribution >= 0.6 is 0 Å². The van der Waals surface area contributed by atoms with E-state index < -0.39 is 0 Å². The molecule has 0 radical (unpaired) electrons. The fraction of sp³-hybridized carbons (Fsp3) is 0.476. The highest BCUT2D eigenvalue weighted by atomic mass is 16.5. The van der Waals surface area contributed by atoms with Gasteiger partial charge in [-0.25, -0.2) is 0 Å². The molecule has 0 bridgehead atoms. The van der Waals surface area contributed by atoms with Crippen molar-refractivity contribution in [2.75, 3.05) is 33.8 Å². The first kappa shape index (κ1) is 18.2. The Bertz CT molecular complexity index is 1050. The smallest absolute Gasteiger partial charge is 0.270 e. The minimum absolute atomic E-state index is 0.0153. The predicted octanol–water partition coefficient (Wildman–Crippen LogP) is 2.23. The second-order valence-corrected chi connectivity index (χ2v) is 7.91. The fourth-order valence-electron chi connectivity index (χ4n) is 4.62. The van der Waals surface area contributed by atoms with Crippen LogP contribution in [0.4, 0.5) is 0 Å². The zero-order valence-electron chi connectivity index (χ0n) is 16.9. The minimum Gasteiger partial charge on any atom is -0.496 e. The number of aromatic amines is 1. The van der Waals surface area contributed by atoms with Crippen LogP contribution in [-0.4, -0.2) is 69.2 Å². The van der Waals surface area contributed by atoms with E-state index in [1.54, 1.807) is 7.11 Å². The molecule has 2 aromatic heterocycles. The average Bonchev–Trinajstić information content (AvgIpc) is 3.42. The van der Waals surface area contributed by atoms with E-state index in [4.69, 9.17) is 4.74 Å². The molecular weight excluding hydrogens is 368 g/mol. The van der Waals surface area contributed by atoms with Crippen LogP contribution in [0, 0.1) is 0 Å². The van der Waals surface area contributed by atoms with Crippen LogP contribution in [-0.2, 0) is 13.0 Å². The number of likely N-dealkylation sites (tertiary alicyclic amines) is 1. The highest BCUT2D eigenvalue weighted by Gasteiger charge is 2.30. The molecule has 1 N–H and O–H groups in total. The molecule has 1 saturated heterocycles. The van der Waals surface area contributed by atoms with Gasteiger partial charge in [-0.05, 0) is 44.6 Å². The van der Waals surface area contributed by atoms with Gasteiger partial charge in [0.25, 0.3) is 5.91 Å². The van der Waals surface area contributed by atoms with Gasteiger partial charge in [-0.1, -0.05) is 6.07 Å². The number of H-pyrrole nitrogens is 1. The Labute approximate surface area is 169 Å². The maximum absolute atomic E-state index is 13.2. The summed E-state index contributed by atoms with van der Waals surface area (Å²) >= 11 is 0. The number of aromatic nitrogens is 4. The van der Waals surface area contributed by atoms with Crippen LogP contribution in [0.3, 0.4) is 0 Å². The van der Waals surface area contributed by atoms with Gasteiger partial charge in [0.1, 0.15) is 23.1 Å². The SMILES string of the molecule is COc1cccc2[nH]c(C(=O)N3CCc4nnc([C@@H]5CCCN5C)n4CC3)cc12. The van der Waals surface area contributed by atoms with Gasteiger partial charge in [-0.3, -0.25) is 9.69 Å². The van der Waals surface area contributed by atoms with Crippen molar-refractivity contribution in [2.45, 2.75) is 31.8 Å². The molecule has 8 heteroatoms. The predicted molar refractivity (Wildman–Crippen MR) is 109 cm³/mol. The molecule has 1 atom stereocenters. The van der Waals surface area contributed by atoms with Crippen LogP contribution in [0.1, 0.15) is 41.0 Å². The van der Waals surface area contributed by atoms with Crippen molar-refractivity contribution >= 4 is 16.8 Å². The van der Waals surface area contributed by atoms with Gasteiger partial charge in [0.05, 0.1) is 13.2 Å². The first-order chi connectivity index (χ1) is 14.2. The van der Waals surface area contributed by atoms with Crippen LogP contribution in [0.15, 0.2) is 24.3 Å². The Kier molecular flexibility index (Phi) is 4.50. The van der Waals surface area contributed by atoms with Gasteiger partial charge in [-0.2, -0.15) is 0 Å². The monoisotopic (exact) mass is 394 g/mol. The molecule has 29 heavy (non-hydrogen) atoms. The number of hydrogen-bond donors (Lipinski definition) is 1. The second kappa shape index (κ2) is 7.18. The molecule has 5 rings (SSSR count). The number of carbonyl (C=O) groups is 1. The topological polar surface area (TPSA) is 79.3 Å². The lowest BCUT2D eigenvalue weighted by molar-refractivity contribution is 0.0753. The van der Waals surface area contributed by atoms with Crippen molar-refractivity contribution in [2.24, 2.45) is 0 Å². The molecule has 2 aliphatic rings. The molecule has 1 amide bonds. The van der Waals surface area contributed by atoms with Crippen molar-refractivity contribution in [1.29, 1.82) is 0 Å². The molecule has 8 nitrogen and oxygen atoms in total. The number of hydrogen-bond acceptors (Lipinski definition) is 5. The number of fused-ring (bicyclic) bond motifs is 2. The summed E-state index contributed by atoms with van der Waals surface area (Å²) in [6.45, 7) is 3.13. The molecule has 152 valence electrons. The van der Waals surface area contributed by atoms with Crippen molar-refractivity contribution < 1.29 is 9.53 Å². The van der Waals surface area contributed by atoms with E-state index >= 15 is 0 Å². The lowest BCUT2D eigenvalue weighted by atomic mass is 10.2. The number of benzene rings is 1. The summed E-state index contributed by atoms with van der Waals surface area (Å²) in [6, 6.07) is 8.01. The lowest BCUT2D eigenvalue weighted by Crippen LogP contribution is -2.34. The summed E-state index contributed by atoms with van der Waals surface area (Å²) in [6.07, 6.45) is 3.03. The normalized spacial score (nSPS) is 20.1. The number of nitrogens with one attached hydrogen (secondary N) is 1. The first-order valence-electron chi connectivity index (χ1n) is 10.2. The van der Waals surface area contributed by atoms with Gasteiger partial charge in [0, 0.05) is 37.0 Å². The third kappa shape index (κ3) is 3.07. The first-order valence-corrected chi connectivity index (χ1v) is 10.2. The number of methoxy groups -OCH3 is 1. The van der Waals surface area contributed by atoms with Gasteiger partial charge in [-0.15, -0.1) is 10.2 Å². The number of amides is 1. The van der Waals surface area contributed by atoms with Crippen molar-refractivity contribution in [3.63, 3.8) is 0 Å². The summed E-state index contributed by atoms with van der Waals surface area (Å²) < 4.78 is 7.65. The van der Waals surface area contributed by atoms with E-state index in [0.717, 1.165) is 54.2 Å². The number of carbonyl (C=O) groups excluding carboxylic acids is 1. The molecule has 0 aliphatic carbocycles. The third-order valence-electron chi connectivity index (χ3n) is 6.24. The zero-order chi connectivity index (χ0) is 20.0. The lowest BCUT2D eigenvalue weighted by Gasteiger charge is -2.21. The molecule has 1 aromatic carbocycles. The van der Waals surface area contributed by atoms with Crippen molar-refractivity contribution in [3.8, 4) is 5.75 Å². The summed E-state index contributed by atoms with van der Waals surface area (Å²) in [7, 11) is 3.79. The van der Waals surface area contributed by atoms with Crippen LogP contribution < -0.4 is 4.74 Å². The fourth-order valence-corrected chi connectivity index (χ4v) is 4.62. The minimum atomic E-state index is 0.0153. The standard InChI is InChI=1S/C21H26N6O2/c1-25-9-4-6-17(25)20-24-23-19-8-10-26(11-12-27(19)20)21(28)16-13-14-15(22-16)5-3-7-18(14)29-2/h3,5,7,13,17,22H,4,6,8-12H2,1-2H3/t17-/m0/s1. The summed E-state index contributed by atoms with van der Waals surface area (Å²) in [5.74, 6) is 2.81. The van der Waals surface area contributed by atoms with Gasteiger partial charge in [0.2, 0.25) is 0 Å². The van der Waals surface area contributed by atoms with E-state index in [-0.39, 0.29) is 5.91 Å². The molecule has 4 heterocycles. The molecule has 0 saturated carbocycles. The highest BCUT2D eigenvalue weighted by Crippen LogP contribution is 2.30. The molecule has 0 unspecified atom stereocenters. The average molecular weight is 394 g/mol. The largest absolute Gasteiger partial charge is 0.496 e. The second-order valence-electron chi connectivity index (χ2n) is 7.91. The Morgan fingerprint density at radius 3 is 2.90 bits per heavy atom. The van der Waals surface area contributed by atoms with Gasteiger partial charge >= 0.3 is 0 Å². The van der Waals surface area contributed by atoms with Crippen LogP contribution in [0.5, 0.6) is 5.75 Å². The maximum Gasteiger partial charge on any atom is 0.270 e. The molecular formula is C21H26N6O2. The van der Waals surface area contributed by atoms with E-state index in [1.165, 1.54) is 6.42 Å². The molecule has 0 spiro atoms. The van der Waals surface area contributed by atoms with E-state index in [0.29, 0.717) is 24.8 Å². The van der Waals surface area contributed by atoms with Crippen LogP contribution in [0.2, 0.25) is 0 Å².